The minimum atomic E-state index is -4.71. The Morgan fingerprint density at radius 3 is 2.55 bits per heavy atom. The Balaban J connectivity index is 2.49. The molecule has 1 aliphatic heterocycles. The van der Waals surface area contributed by atoms with Crippen molar-refractivity contribution in [3.05, 3.63) is 57.6 Å². The van der Waals surface area contributed by atoms with E-state index in [1.54, 1.807) is 20.8 Å². The first-order chi connectivity index (χ1) is 14.4. The number of allylic oxidation sites excluding steroid dienone is 1. The molecular weight excluding hydrogens is 411 g/mol. The van der Waals surface area contributed by atoms with E-state index in [9.17, 15) is 23.2 Å². The van der Waals surface area contributed by atoms with Crippen LogP contribution >= 0.6 is 0 Å². The van der Waals surface area contributed by atoms with E-state index in [1.807, 2.05) is 12.0 Å². The van der Waals surface area contributed by atoms with Crippen LogP contribution < -0.4 is 16.2 Å². The number of aryl methyl sites for hydroxylation is 1. The van der Waals surface area contributed by atoms with Gasteiger partial charge >= 0.3 is 6.18 Å². The van der Waals surface area contributed by atoms with Crippen LogP contribution in [0.25, 0.3) is 0 Å². The molecule has 1 unspecified atom stereocenters. The fourth-order valence-corrected chi connectivity index (χ4v) is 3.99. The highest BCUT2D eigenvalue weighted by atomic mass is 19.4. The number of nitriles is 1. The van der Waals surface area contributed by atoms with Gasteiger partial charge < -0.3 is 16.2 Å². The number of ether oxygens (including phenoxy) is 1. The quantitative estimate of drug-likeness (QED) is 0.632. The topological polar surface area (TPSA) is 131 Å². The molecule has 1 atom stereocenters. The number of hydrogen-bond acceptors (Lipinski definition) is 5. The van der Waals surface area contributed by atoms with Crippen LogP contribution in [0.5, 0.6) is 5.88 Å². The average Bonchev–Trinajstić information content (AvgIpc) is 3.04. The number of H-pyrrole nitrogens is 1. The van der Waals surface area contributed by atoms with Crippen molar-refractivity contribution in [2.75, 3.05) is 0 Å². The third kappa shape index (κ3) is 3.46. The van der Waals surface area contributed by atoms with E-state index < -0.39 is 29.0 Å². The van der Waals surface area contributed by atoms with Crippen molar-refractivity contribution in [2.45, 2.75) is 32.4 Å². The summed E-state index contributed by atoms with van der Waals surface area (Å²) in [6.07, 6.45) is -4.71. The maximum absolute atomic E-state index is 13.7. The first-order valence-electron chi connectivity index (χ1n) is 9.10. The number of nitrogens with one attached hydrogen (secondary N) is 1. The molecule has 2 heterocycles. The van der Waals surface area contributed by atoms with Crippen molar-refractivity contribution in [3.8, 4) is 23.8 Å². The number of fused-ring (bicyclic) bond motifs is 1. The second-order valence-electron chi connectivity index (χ2n) is 7.36. The number of alkyl halides is 3. The molecule has 10 heteroatoms. The monoisotopic (exact) mass is 429 g/mol. The molecule has 0 aliphatic carbocycles. The molecule has 0 radical (unpaired) electrons. The van der Waals surface area contributed by atoms with Gasteiger partial charge in [0.2, 0.25) is 11.8 Å². The molecule has 0 saturated heterocycles. The van der Waals surface area contributed by atoms with Gasteiger partial charge in [0.05, 0.1) is 16.5 Å². The first kappa shape index (κ1) is 21.8. The molecule has 0 fully saturated rings. The van der Waals surface area contributed by atoms with Crippen molar-refractivity contribution in [3.63, 3.8) is 0 Å². The van der Waals surface area contributed by atoms with Crippen LogP contribution in [0, 0.1) is 36.0 Å². The molecule has 1 aromatic heterocycles. The standard InChI is InChI=1S/C21H18F3N5O2/c1-10(2)20(15(9-25)18(27)31-19-17(20)11(3)28-29-19)13-6-12(4-5-16(26)30)7-14(8-13)21(22,23)24/h6-8,10H,27H2,1-3H3,(H2,26,30)(H,28,29). The van der Waals surface area contributed by atoms with Gasteiger partial charge in [0.1, 0.15) is 11.6 Å². The number of aromatic nitrogens is 2. The summed E-state index contributed by atoms with van der Waals surface area (Å²) in [5.74, 6) is 2.80. The maximum atomic E-state index is 13.7. The number of carbonyl (C=O) groups excluding carboxylic acids is 1. The van der Waals surface area contributed by atoms with E-state index in [0.717, 1.165) is 12.1 Å². The first-order valence-corrected chi connectivity index (χ1v) is 9.10. The summed E-state index contributed by atoms with van der Waals surface area (Å²) >= 11 is 0. The fourth-order valence-electron chi connectivity index (χ4n) is 3.99. The van der Waals surface area contributed by atoms with Crippen molar-refractivity contribution < 1.29 is 22.7 Å². The van der Waals surface area contributed by atoms with Gasteiger partial charge in [0, 0.05) is 11.3 Å². The van der Waals surface area contributed by atoms with Crippen LogP contribution in [0.15, 0.2) is 29.7 Å². The summed E-state index contributed by atoms with van der Waals surface area (Å²) < 4.78 is 46.6. The number of hydrogen-bond donors (Lipinski definition) is 3. The Morgan fingerprint density at radius 2 is 2.00 bits per heavy atom. The Bertz CT molecular complexity index is 1210. The molecule has 0 saturated carbocycles. The van der Waals surface area contributed by atoms with E-state index in [1.165, 1.54) is 6.07 Å². The minimum Gasteiger partial charge on any atom is -0.420 e. The van der Waals surface area contributed by atoms with E-state index in [0.29, 0.717) is 11.3 Å². The summed E-state index contributed by atoms with van der Waals surface area (Å²) in [5.41, 5.74) is 9.49. The van der Waals surface area contributed by atoms with Crippen molar-refractivity contribution in [2.24, 2.45) is 17.4 Å². The Morgan fingerprint density at radius 1 is 1.32 bits per heavy atom. The van der Waals surface area contributed by atoms with Gasteiger partial charge in [0.25, 0.3) is 5.91 Å². The molecule has 0 spiro atoms. The zero-order chi connectivity index (χ0) is 23.1. The molecule has 7 nitrogen and oxygen atoms in total. The lowest BCUT2D eigenvalue weighted by atomic mass is 9.61. The van der Waals surface area contributed by atoms with Crippen LogP contribution in [-0.2, 0) is 16.4 Å². The zero-order valence-corrected chi connectivity index (χ0v) is 16.8. The van der Waals surface area contributed by atoms with Gasteiger partial charge in [-0.1, -0.05) is 19.8 Å². The predicted octanol–water partition coefficient (Wildman–Crippen LogP) is 2.60. The molecule has 31 heavy (non-hydrogen) atoms. The summed E-state index contributed by atoms with van der Waals surface area (Å²) in [4.78, 5) is 11.1. The molecule has 3 rings (SSSR count). The van der Waals surface area contributed by atoms with Crippen LogP contribution in [0.1, 0.15) is 41.8 Å². The average molecular weight is 429 g/mol. The minimum absolute atomic E-state index is 0.0485. The molecule has 1 aliphatic rings. The summed E-state index contributed by atoms with van der Waals surface area (Å²) in [6.45, 7) is 5.17. The van der Waals surface area contributed by atoms with Crippen molar-refractivity contribution >= 4 is 5.91 Å². The third-order valence-electron chi connectivity index (χ3n) is 5.18. The van der Waals surface area contributed by atoms with Crippen LogP contribution in [0.3, 0.4) is 0 Å². The van der Waals surface area contributed by atoms with E-state index in [-0.39, 0.29) is 28.5 Å². The Kier molecular flexibility index (Phi) is 5.20. The molecular formula is C21H18F3N5O2. The normalized spacial score (nSPS) is 18.0. The van der Waals surface area contributed by atoms with Gasteiger partial charge in [-0.25, -0.2) is 0 Å². The molecule has 160 valence electrons. The van der Waals surface area contributed by atoms with Crippen molar-refractivity contribution in [1.82, 2.24) is 10.2 Å². The molecule has 5 N–H and O–H groups in total. The molecule has 0 bridgehead atoms. The van der Waals surface area contributed by atoms with Crippen LogP contribution in [-0.4, -0.2) is 16.1 Å². The lowest BCUT2D eigenvalue weighted by Crippen LogP contribution is -2.41. The molecule has 2 aromatic rings. The number of benzene rings is 1. The number of rotatable bonds is 2. The van der Waals surface area contributed by atoms with E-state index in [2.05, 4.69) is 16.1 Å². The van der Waals surface area contributed by atoms with Crippen molar-refractivity contribution in [1.29, 1.82) is 5.26 Å². The Hall–Kier alpha value is -3.92. The van der Waals surface area contributed by atoms with Gasteiger partial charge in [0.15, 0.2) is 0 Å². The number of amides is 1. The number of aromatic amines is 1. The lowest BCUT2D eigenvalue weighted by molar-refractivity contribution is -0.137. The SMILES string of the molecule is Cc1[nH]nc2c1C(c1cc(C#CC(N)=O)cc(C(F)(F)F)c1)(C(C)C)C(C#N)=C(N)O2. The summed E-state index contributed by atoms with van der Waals surface area (Å²) in [5, 5.41) is 16.7. The second kappa shape index (κ2) is 7.40. The lowest BCUT2D eigenvalue weighted by Gasteiger charge is -2.41. The smallest absolute Gasteiger partial charge is 0.416 e. The number of halogens is 3. The largest absolute Gasteiger partial charge is 0.420 e. The number of nitrogens with two attached hydrogens (primary N) is 2. The van der Waals surface area contributed by atoms with Crippen LogP contribution in [0.4, 0.5) is 13.2 Å². The Labute approximate surface area is 175 Å². The predicted molar refractivity (Wildman–Crippen MR) is 104 cm³/mol. The van der Waals surface area contributed by atoms with Gasteiger partial charge in [-0.05, 0) is 42.5 Å². The highest BCUT2D eigenvalue weighted by Gasteiger charge is 2.51. The van der Waals surface area contributed by atoms with E-state index >= 15 is 0 Å². The number of primary amides is 1. The van der Waals surface area contributed by atoms with Gasteiger partial charge in [-0.3, -0.25) is 9.89 Å². The summed E-state index contributed by atoms with van der Waals surface area (Å²) in [7, 11) is 0. The third-order valence-corrected chi connectivity index (χ3v) is 5.18. The molecule has 1 amide bonds. The van der Waals surface area contributed by atoms with Crippen LogP contribution in [0.2, 0.25) is 0 Å². The zero-order valence-electron chi connectivity index (χ0n) is 16.8. The highest BCUT2D eigenvalue weighted by molar-refractivity contribution is 5.92. The number of nitrogens with zero attached hydrogens (tertiary/aromatic N) is 2. The van der Waals surface area contributed by atoms with Gasteiger partial charge in [-0.2, -0.15) is 18.4 Å². The second-order valence-corrected chi connectivity index (χ2v) is 7.36. The molecule has 1 aromatic carbocycles. The maximum Gasteiger partial charge on any atom is 0.416 e. The fraction of sp³-hybridized carbons (Fsp3) is 0.286. The number of carbonyl (C=O) groups is 1. The van der Waals surface area contributed by atoms with Gasteiger partial charge in [-0.15, -0.1) is 5.10 Å². The highest BCUT2D eigenvalue weighted by Crippen LogP contribution is 2.53. The van der Waals surface area contributed by atoms with E-state index in [4.69, 9.17) is 16.2 Å². The summed E-state index contributed by atoms with van der Waals surface area (Å²) in [6, 6.07) is 5.15.